The van der Waals surface area contributed by atoms with Crippen molar-refractivity contribution in [1.82, 2.24) is 4.90 Å². The van der Waals surface area contributed by atoms with Crippen molar-refractivity contribution in [2.75, 3.05) is 25.5 Å². The number of methoxy groups -OCH3 is 1. The van der Waals surface area contributed by atoms with Gasteiger partial charge in [0.25, 0.3) is 11.8 Å². The monoisotopic (exact) mass is 478 g/mol. The molecule has 2 amide bonds. The van der Waals surface area contributed by atoms with Crippen LogP contribution >= 0.6 is 22.6 Å². The topological polar surface area (TPSA) is 58.6 Å². The van der Waals surface area contributed by atoms with E-state index in [4.69, 9.17) is 4.74 Å². The summed E-state index contributed by atoms with van der Waals surface area (Å²) in [4.78, 5) is 27.6. The van der Waals surface area contributed by atoms with Crippen LogP contribution in [0.5, 0.6) is 5.75 Å². The van der Waals surface area contributed by atoms with Gasteiger partial charge in [-0.25, -0.2) is 0 Å². The van der Waals surface area contributed by atoms with Gasteiger partial charge in [0.15, 0.2) is 0 Å². The van der Waals surface area contributed by atoms with Crippen molar-refractivity contribution in [2.45, 2.75) is 25.7 Å². The van der Waals surface area contributed by atoms with Crippen LogP contribution in [0.4, 0.5) is 5.69 Å². The van der Waals surface area contributed by atoms with Crippen molar-refractivity contribution in [2.24, 2.45) is 0 Å². The Bertz CT molecular complexity index is 830. The van der Waals surface area contributed by atoms with E-state index in [1.165, 1.54) is 0 Å². The number of hydrogen-bond donors (Lipinski definition) is 1. The van der Waals surface area contributed by atoms with Crippen molar-refractivity contribution in [3.8, 4) is 5.75 Å². The molecule has 0 atom stereocenters. The van der Waals surface area contributed by atoms with E-state index in [9.17, 15) is 9.59 Å². The Morgan fingerprint density at radius 1 is 1.04 bits per heavy atom. The Morgan fingerprint density at radius 3 is 2.41 bits per heavy atom. The van der Waals surface area contributed by atoms with Crippen molar-refractivity contribution >= 4 is 40.1 Å². The summed E-state index contributed by atoms with van der Waals surface area (Å²) in [6.45, 7) is 1.55. The zero-order chi connectivity index (χ0) is 19.2. The number of anilines is 1. The van der Waals surface area contributed by atoms with Crippen LogP contribution < -0.4 is 10.1 Å². The van der Waals surface area contributed by atoms with Crippen LogP contribution in [0, 0.1) is 3.57 Å². The van der Waals surface area contributed by atoms with E-state index in [1.807, 2.05) is 17.0 Å². The highest BCUT2D eigenvalue weighted by atomic mass is 127. The average molecular weight is 478 g/mol. The first-order valence-corrected chi connectivity index (χ1v) is 10.2. The standard InChI is InChI=1S/C21H23IN2O3/c1-27-19-11-10-15(14-17(19)22)20(25)23-18-9-5-4-8-16(18)21(26)24-12-6-2-3-7-13-24/h4-5,8-11,14H,2-3,6-7,12-13H2,1H3,(H,23,25). The van der Waals surface area contributed by atoms with E-state index >= 15 is 0 Å². The number of rotatable bonds is 4. The zero-order valence-electron chi connectivity index (χ0n) is 15.3. The molecular formula is C21H23IN2O3. The summed E-state index contributed by atoms with van der Waals surface area (Å²) in [6.07, 6.45) is 4.39. The highest BCUT2D eigenvalue weighted by molar-refractivity contribution is 14.1. The molecule has 0 radical (unpaired) electrons. The number of halogens is 1. The maximum atomic E-state index is 13.0. The van der Waals surface area contributed by atoms with Crippen LogP contribution in [0.1, 0.15) is 46.4 Å². The highest BCUT2D eigenvalue weighted by Crippen LogP contribution is 2.24. The lowest BCUT2D eigenvalue weighted by Gasteiger charge is -2.22. The fraction of sp³-hybridized carbons (Fsp3) is 0.333. The molecule has 2 aromatic rings. The average Bonchev–Trinajstić information content (AvgIpc) is 2.97. The Labute approximate surface area is 173 Å². The van der Waals surface area contributed by atoms with Gasteiger partial charge in [-0.1, -0.05) is 25.0 Å². The molecule has 5 nitrogen and oxygen atoms in total. The molecule has 1 heterocycles. The minimum absolute atomic E-state index is 0.0166. The molecule has 2 aromatic carbocycles. The lowest BCUT2D eigenvalue weighted by molar-refractivity contribution is 0.0762. The molecule has 1 fully saturated rings. The number of nitrogens with zero attached hydrogens (tertiary/aromatic N) is 1. The number of nitrogens with one attached hydrogen (secondary N) is 1. The number of carbonyl (C=O) groups is 2. The summed E-state index contributed by atoms with van der Waals surface area (Å²) in [5.41, 5.74) is 1.61. The molecule has 142 valence electrons. The molecule has 0 aromatic heterocycles. The Morgan fingerprint density at radius 2 is 1.74 bits per heavy atom. The second kappa shape index (κ2) is 9.21. The molecule has 3 rings (SSSR count). The largest absolute Gasteiger partial charge is 0.496 e. The predicted molar refractivity (Wildman–Crippen MR) is 114 cm³/mol. The number of likely N-dealkylation sites (tertiary alicyclic amines) is 1. The van der Waals surface area contributed by atoms with Crippen LogP contribution in [0.25, 0.3) is 0 Å². The highest BCUT2D eigenvalue weighted by Gasteiger charge is 2.21. The minimum atomic E-state index is -0.244. The van der Waals surface area contributed by atoms with Crippen molar-refractivity contribution < 1.29 is 14.3 Å². The maximum absolute atomic E-state index is 13.0. The molecule has 0 bridgehead atoms. The summed E-state index contributed by atoms with van der Waals surface area (Å²) in [7, 11) is 1.60. The third kappa shape index (κ3) is 4.80. The van der Waals surface area contributed by atoms with Gasteiger partial charge in [-0.05, 0) is 65.8 Å². The molecular weight excluding hydrogens is 455 g/mol. The smallest absolute Gasteiger partial charge is 0.255 e. The fourth-order valence-corrected chi connectivity index (χ4v) is 3.96. The van der Waals surface area contributed by atoms with Crippen LogP contribution in [-0.2, 0) is 0 Å². The molecule has 1 aliphatic heterocycles. The second-order valence-electron chi connectivity index (χ2n) is 6.56. The van der Waals surface area contributed by atoms with Crippen LogP contribution in [0.2, 0.25) is 0 Å². The Kier molecular flexibility index (Phi) is 6.71. The molecule has 1 N–H and O–H groups in total. The summed E-state index contributed by atoms with van der Waals surface area (Å²) < 4.78 is 6.09. The van der Waals surface area contributed by atoms with E-state index in [0.29, 0.717) is 16.8 Å². The normalized spacial score (nSPS) is 14.4. The van der Waals surface area contributed by atoms with Gasteiger partial charge in [-0.15, -0.1) is 0 Å². The van der Waals surface area contributed by atoms with Gasteiger partial charge in [-0.2, -0.15) is 0 Å². The van der Waals surface area contributed by atoms with Gasteiger partial charge < -0.3 is 15.0 Å². The third-order valence-electron chi connectivity index (χ3n) is 4.71. The lowest BCUT2D eigenvalue weighted by atomic mass is 10.1. The molecule has 0 unspecified atom stereocenters. The third-order valence-corrected chi connectivity index (χ3v) is 5.56. The minimum Gasteiger partial charge on any atom is -0.496 e. The summed E-state index contributed by atoms with van der Waals surface area (Å²) in [6, 6.07) is 12.5. The van der Waals surface area contributed by atoms with Crippen LogP contribution in [-0.4, -0.2) is 36.9 Å². The van der Waals surface area contributed by atoms with Gasteiger partial charge in [-0.3, -0.25) is 9.59 Å². The number of benzene rings is 2. The first-order valence-electron chi connectivity index (χ1n) is 9.13. The van der Waals surface area contributed by atoms with Gasteiger partial charge in [0.05, 0.1) is 21.9 Å². The zero-order valence-corrected chi connectivity index (χ0v) is 17.5. The SMILES string of the molecule is COc1ccc(C(=O)Nc2ccccc2C(=O)N2CCCCCC2)cc1I. The van der Waals surface area contributed by atoms with Gasteiger partial charge in [0.2, 0.25) is 0 Å². The number of para-hydroxylation sites is 1. The molecule has 0 saturated carbocycles. The second-order valence-corrected chi connectivity index (χ2v) is 7.72. The Balaban J connectivity index is 1.80. The van der Waals surface area contributed by atoms with E-state index in [0.717, 1.165) is 48.1 Å². The van der Waals surface area contributed by atoms with E-state index in [-0.39, 0.29) is 11.8 Å². The fourth-order valence-electron chi connectivity index (χ4n) is 3.22. The predicted octanol–water partition coefficient (Wildman–Crippen LogP) is 4.57. The lowest BCUT2D eigenvalue weighted by Crippen LogP contribution is -2.32. The maximum Gasteiger partial charge on any atom is 0.255 e. The van der Waals surface area contributed by atoms with Crippen LogP contribution in [0.3, 0.4) is 0 Å². The number of hydrogen-bond acceptors (Lipinski definition) is 3. The number of ether oxygens (including phenoxy) is 1. The van der Waals surface area contributed by atoms with Crippen molar-refractivity contribution in [1.29, 1.82) is 0 Å². The molecule has 6 heteroatoms. The first-order chi connectivity index (χ1) is 13.1. The number of carbonyl (C=O) groups excluding carboxylic acids is 2. The molecule has 27 heavy (non-hydrogen) atoms. The summed E-state index contributed by atoms with van der Waals surface area (Å²) in [5, 5.41) is 2.90. The van der Waals surface area contributed by atoms with Crippen molar-refractivity contribution in [3.05, 3.63) is 57.2 Å². The molecule has 1 aliphatic rings. The molecule has 0 spiro atoms. The summed E-state index contributed by atoms with van der Waals surface area (Å²) in [5.74, 6) is 0.465. The van der Waals surface area contributed by atoms with E-state index < -0.39 is 0 Å². The van der Waals surface area contributed by atoms with E-state index in [2.05, 4.69) is 27.9 Å². The summed E-state index contributed by atoms with van der Waals surface area (Å²) >= 11 is 2.13. The molecule has 1 saturated heterocycles. The van der Waals surface area contributed by atoms with Gasteiger partial charge >= 0.3 is 0 Å². The molecule has 0 aliphatic carbocycles. The van der Waals surface area contributed by atoms with Crippen LogP contribution in [0.15, 0.2) is 42.5 Å². The van der Waals surface area contributed by atoms with Gasteiger partial charge in [0, 0.05) is 18.7 Å². The number of amides is 2. The Hall–Kier alpha value is -2.09. The van der Waals surface area contributed by atoms with Crippen molar-refractivity contribution in [3.63, 3.8) is 0 Å². The van der Waals surface area contributed by atoms with Gasteiger partial charge in [0.1, 0.15) is 5.75 Å². The first kappa shape index (κ1) is 19.7. The quantitative estimate of drug-likeness (QED) is 0.656. The van der Waals surface area contributed by atoms with E-state index in [1.54, 1.807) is 37.4 Å².